The van der Waals surface area contributed by atoms with Gasteiger partial charge in [0.15, 0.2) is 0 Å². The van der Waals surface area contributed by atoms with E-state index < -0.39 is 0 Å². The quantitative estimate of drug-likeness (QED) is 0.706. The average molecular weight is 274 g/mol. The van der Waals surface area contributed by atoms with Crippen LogP contribution in [0.3, 0.4) is 0 Å². The van der Waals surface area contributed by atoms with Gasteiger partial charge in [-0.1, -0.05) is 0 Å². The van der Waals surface area contributed by atoms with Crippen LogP contribution in [0.15, 0.2) is 18.2 Å². The second kappa shape index (κ2) is 5.98. The average Bonchev–Trinajstić information content (AvgIpc) is 2.95. The van der Waals surface area contributed by atoms with E-state index in [0.717, 1.165) is 38.2 Å². The first kappa shape index (κ1) is 13.0. The van der Waals surface area contributed by atoms with E-state index in [1.165, 1.54) is 0 Å². The Hall–Kier alpha value is -1.99. The molecule has 0 unspecified atom stereocenters. The van der Waals surface area contributed by atoms with Gasteiger partial charge in [0.2, 0.25) is 0 Å². The van der Waals surface area contributed by atoms with E-state index in [-0.39, 0.29) is 5.91 Å². The van der Waals surface area contributed by atoms with Gasteiger partial charge in [0.1, 0.15) is 11.0 Å². The molecule has 3 N–H and O–H groups in total. The Morgan fingerprint density at radius 3 is 2.90 bits per heavy atom. The highest BCUT2D eigenvalue weighted by atomic mass is 16.1. The number of carbonyl (C=O) groups is 1. The minimum Gasteiger partial charge on any atom is -0.351 e. The Kier molecular flexibility index (Phi) is 3.89. The number of aromatic amines is 1. The van der Waals surface area contributed by atoms with Crippen LogP contribution < -0.4 is 10.6 Å². The lowest BCUT2D eigenvalue weighted by molar-refractivity contribution is 0.0947. The Balaban J connectivity index is 1.53. The summed E-state index contributed by atoms with van der Waals surface area (Å²) in [6, 6.07) is 5.31. The minimum atomic E-state index is -0.0648. The molecule has 7 nitrogen and oxygen atoms in total. The standard InChI is InChI=1S/C13H18N6O/c20-13(15-5-8-19-6-3-14-4-7-19)10-1-2-11-12(9-10)17-18-16-11/h1-2,9,14H,3-8H2,(H,15,20)(H,16,17,18). The zero-order valence-electron chi connectivity index (χ0n) is 11.2. The summed E-state index contributed by atoms with van der Waals surface area (Å²) in [5.41, 5.74) is 2.09. The van der Waals surface area contributed by atoms with Crippen LogP contribution in [-0.2, 0) is 0 Å². The number of aromatic nitrogens is 3. The summed E-state index contributed by atoms with van der Waals surface area (Å²) in [4.78, 5) is 14.4. The molecular formula is C13H18N6O. The lowest BCUT2D eigenvalue weighted by Crippen LogP contribution is -2.46. The highest BCUT2D eigenvalue weighted by Gasteiger charge is 2.11. The number of piperazine rings is 1. The summed E-state index contributed by atoms with van der Waals surface area (Å²) in [5, 5.41) is 16.7. The number of nitrogens with one attached hydrogen (secondary N) is 3. The van der Waals surface area contributed by atoms with E-state index in [4.69, 9.17) is 0 Å². The SMILES string of the molecule is O=C(NCCN1CCNCC1)c1ccc2n[nH]nc2c1. The zero-order valence-corrected chi connectivity index (χ0v) is 11.2. The third-order valence-corrected chi connectivity index (χ3v) is 3.50. The molecule has 0 bridgehead atoms. The Bertz CT molecular complexity index is 589. The van der Waals surface area contributed by atoms with E-state index in [0.29, 0.717) is 17.6 Å². The van der Waals surface area contributed by atoms with Crippen molar-refractivity contribution >= 4 is 16.9 Å². The number of carbonyl (C=O) groups excluding carboxylic acids is 1. The number of H-pyrrole nitrogens is 1. The number of hydrogen-bond donors (Lipinski definition) is 3. The predicted octanol–water partition coefficient (Wildman–Crippen LogP) is -0.407. The lowest BCUT2D eigenvalue weighted by Gasteiger charge is -2.27. The van der Waals surface area contributed by atoms with Gasteiger partial charge in [-0.2, -0.15) is 15.4 Å². The molecule has 0 spiro atoms. The van der Waals surface area contributed by atoms with Gasteiger partial charge in [-0.15, -0.1) is 0 Å². The van der Waals surface area contributed by atoms with Gasteiger partial charge >= 0.3 is 0 Å². The van der Waals surface area contributed by atoms with Crippen molar-refractivity contribution in [2.45, 2.75) is 0 Å². The molecule has 106 valence electrons. The third kappa shape index (κ3) is 2.94. The van der Waals surface area contributed by atoms with Gasteiger partial charge < -0.3 is 10.6 Å². The second-order valence-corrected chi connectivity index (χ2v) is 4.87. The van der Waals surface area contributed by atoms with E-state index in [1.54, 1.807) is 18.2 Å². The molecule has 2 heterocycles. The Morgan fingerprint density at radius 2 is 2.05 bits per heavy atom. The monoisotopic (exact) mass is 274 g/mol. The largest absolute Gasteiger partial charge is 0.351 e. The maximum atomic E-state index is 12.1. The summed E-state index contributed by atoms with van der Waals surface area (Å²) < 4.78 is 0. The van der Waals surface area contributed by atoms with Crippen molar-refractivity contribution in [3.05, 3.63) is 23.8 Å². The molecule has 7 heteroatoms. The molecule has 2 aromatic rings. The molecule has 3 rings (SSSR count). The molecule has 1 aromatic heterocycles. The van der Waals surface area contributed by atoms with Crippen molar-refractivity contribution in [3.8, 4) is 0 Å². The molecule has 1 saturated heterocycles. The number of rotatable bonds is 4. The summed E-state index contributed by atoms with van der Waals surface area (Å²) in [5.74, 6) is -0.0648. The number of hydrogen-bond acceptors (Lipinski definition) is 5. The molecule has 1 aliphatic rings. The topological polar surface area (TPSA) is 85.9 Å². The highest BCUT2D eigenvalue weighted by molar-refractivity contribution is 5.97. The fourth-order valence-electron chi connectivity index (χ4n) is 2.35. The van der Waals surface area contributed by atoms with E-state index in [2.05, 4.69) is 30.9 Å². The van der Waals surface area contributed by atoms with Gasteiger partial charge in [-0.3, -0.25) is 9.69 Å². The number of nitrogens with zero attached hydrogens (tertiary/aromatic N) is 3. The zero-order chi connectivity index (χ0) is 13.8. The van der Waals surface area contributed by atoms with Crippen molar-refractivity contribution in [3.63, 3.8) is 0 Å². The maximum Gasteiger partial charge on any atom is 0.251 e. The molecule has 0 aliphatic carbocycles. The first-order chi connectivity index (χ1) is 9.83. The van der Waals surface area contributed by atoms with Crippen LogP contribution in [0.1, 0.15) is 10.4 Å². The van der Waals surface area contributed by atoms with Crippen molar-refractivity contribution < 1.29 is 4.79 Å². The Morgan fingerprint density at radius 1 is 1.25 bits per heavy atom. The molecule has 1 aliphatic heterocycles. The van der Waals surface area contributed by atoms with Gasteiger partial charge in [0.25, 0.3) is 5.91 Å². The summed E-state index contributed by atoms with van der Waals surface area (Å²) >= 11 is 0. The van der Waals surface area contributed by atoms with Gasteiger partial charge in [0, 0.05) is 44.8 Å². The van der Waals surface area contributed by atoms with Crippen LogP contribution in [0.25, 0.3) is 11.0 Å². The number of benzene rings is 1. The minimum absolute atomic E-state index is 0.0648. The molecule has 1 aromatic carbocycles. The predicted molar refractivity (Wildman–Crippen MR) is 75.5 cm³/mol. The van der Waals surface area contributed by atoms with Crippen molar-refractivity contribution in [1.82, 2.24) is 30.9 Å². The first-order valence-corrected chi connectivity index (χ1v) is 6.85. The normalized spacial score (nSPS) is 16.4. The first-order valence-electron chi connectivity index (χ1n) is 6.85. The Labute approximate surface area is 116 Å². The van der Waals surface area contributed by atoms with E-state index in [9.17, 15) is 4.79 Å². The third-order valence-electron chi connectivity index (χ3n) is 3.50. The molecule has 20 heavy (non-hydrogen) atoms. The van der Waals surface area contributed by atoms with Crippen molar-refractivity contribution in [1.29, 1.82) is 0 Å². The highest BCUT2D eigenvalue weighted by Crippen LogP contribution is 2.10. The molecule has 0 saturated carbocycles. The van der Waals surface area contributed by atoms with Crippen LogP contribution in [0.4, 0.5) is 0 Å². The second-order valence-electron chi connectivity index (χ2n) is 4.87. The molecule has 0 radical (unpaired) electrons. The van der Waals surface area contributed by atoms with Crippen LogP contribution in [0.5, 0.6) is 0 Å². The fraction of sp³-hybridized carbons (Fsp3) is 0.462. The fourth-order valence-corrected chi connectivity index (χ4v) is 2.35. The smallest absolute Gasteiger partial charge is 0.251 e. The van der Waals surface area contributed by atoms with Gasteiger partial charge in [0.05, 0.1) is 0 Å². The van der Waals surface area contributed by atoms with Gasteiger partial charge in [-0.05, 0) is 18.2 Å². The number of fused-ring (bicyclic) bond motifs is 1. The number of amides is 1. The van der Waals surface area contributed by atoms with Crippen LogP contribution in [-0.4, -0.2) is 65.5 Å². The molecule has 1 amide bonds. The van der Waals surface area contributed by atoms with Crippen LogP contribution in [0, 0.1) is 0 Å². The molecular weight excluding hydrogens is 256 g/mol. The molecule has 1 fully saturated rings. The van der Waals surface area contributed by atoms with Crippen LogP contribution in [0.2, 0.25) is 0 Å². The molecule has 0 atom stereocenters. The summed E-state index contributed by atoms with van der Waals surface area (Å²) in [6.45, 7) is 5.68. The van der Waals surface area contributed by atoms with E-state index >= 15 is 0 Å². The maximum absolute atomic E-state index is 12.1. The lowest BCUT2D eigenvalue weighted by atomic mass is 10.2. The van der Waals surface area contributed by atoms with Crippen LogP contribution >= 0.6 is 0 Å². The van der Waals surface area contributed by atoms with E-state index in [1.807, 2.05) is 0 Å². The summed E-state index contributed by atoms with van der Waals surface area (Å²) in [7, 11) is 0. The van der Waals surface area contributed by atoms with Gasteiger partial charge in [-0.25, -0.2) is 0 Å². The summed E-state index contributed by atoms with van der Waals surface area (Å²) in [6.07, 6.45) is 0. The van der Waals surface area contributed by atoms with Crippen molar-refractivity contribution in [2.75, 3.05) is 39.3 Å². The van der Waals surface area contributed by atoms with Crippen molar-refractivity contribution in [2.24, 2.45) is 0 Å².